The summed E-state index contributed by atoms with van der Waals surface area (Å²) in [6.45, 7) is 2.22. The molecule has 0 spiro atoms. The van der Waals surface area contributed by atoms with E-state index in [0.717, 1.165) is 19.2 Å². The number of halogens is 3. The first-order chi connectivity index (χ1) is 12.7. The van der Waals surface area contributed by atoms with Gasteiger partial charge in [0, 0.05) is 11.6 Å². The van der Waals surface area contributed by atoms with Crippen LogP contribution in [0.1, 0.15) is 12.5 Å². The lowest BCUT2D eigenvalue weighted by Crippen LogP contribution is -2.22. The van der Waals surface area contributed by atoms with E-state index in [2.05, 4.69) is 10.1 Å². The second kappa shape index (κ2) is 6.82. The van der Waals surface area contributed by atoms with Crippen molar-refractivity contribution in [2.24, 2.45) is 0 Å². The first-order valence-corrected chi connectivity index (χ1v) is 9.28. The minimum atomic E-state index is -4.81. The number of nitrogens with zero attached hydrogens (tertiary/aromatic N) is 3. The molecule has 0 radical (unpaired) electrons. The fourth-order valence-corrected chi connectivity index (χ4v) is 3.45. The summed E-state index contributed by atoms with van der Waals surface area (Å²) in [5.41, 5.74) is -0.329. The van der Waals surface area contributed by atoms with E-state index >= 15 is 0 Å². The lowest BCUT2D eigenvalue weighted by Gasteiger charge is -2.13. The van der Waals surface area contributed by atoms with Crippen LogP contribution in [0.2, 0.25) is 0 Å². The van der Waals surface area contributed by atoms with E-state index < -0.39 is 26.7 Å². The van der Waals surface area contributed by atoms with Gasteiger partial charge in [-0.25, -0.2) is 22.6 Å². The molecule has 1 N–H and O–H groups in total. The second-order valence-electron chi connectivity index (χ2n) is 5.45. The van der Waals surface area contributed by atoms with Crippen LogP contribution < -0.4 is 9.46 Å². The van der Waals surface area contributed by atoms with Gasteiger partial charge in [-0.15, -0.1) is 5.10 Å². The first kappa shape index (κ1) is 19.1. The Labute approximate surface area is 152 Å². The molecule has 0 saturated heterocycles. The van der Waals surface area contributed by atoms with Crippen LogP contribution >= 0.6 is 0 Å². The predicted octanol–water partition coefficient (Wildman–Crippen LogP) is 2.72. The number of rotatable bonds is 5. The molecule has 3 aromatic rings. The maximum atomic E-state index is 13.2. The molecule has 0 bridgehead atoms. The molecule has 0 aliphatic carbocycles. The van der Waals surface area contributed by atoms with Crippen LogP contribution in [0, 0.1) is 0 Å². The maximum absolute atomic E-state index is 13.2. The van der Waals surface area contributed by atoms with E-state index in [1.54, 1.807) is 19.1 Å². The van der Waals surface area contributed by atoms with Crippen LogP contribution in [-0.2, 0) is 16.2 Å². The summed E-state index contributed by atoms with van der Waals surface area (Å²) in [4.78, 5) is 3.41. The van der Waals surface area contributed by atoms with Gasteiger partial charge in [0.1, 0.15) is 0 Å². The normalized spacial score (nSPS) is 12.5. The van der Waals surface area contributed by atoms with Crippen molar-refractivity contribution in [2.75, 3.05) is 13.7 Å². The molecule has 27 heavy (non-hydrogen) atoms. The Kier molecular flexibility index (Phi) is 4.82. The number of aromatic nitrogens is 3. The molecular weight excluding hydrogens is 385 g/mol. The van der Waals surface area contributed by atoms with Crippen molar-refractivity contribution in [1.82, 2.24) is 19.3 Å². The number of sulfonamides is 1. The van der Waals surface area contributed by atoms with Gasteiger partial charge in [0.2, 0.25) is 15.9 Å². The highest BCUT2D eigenvalue weighted by Gasteiger charge is 2.37. The van der Waals surface area contributed by atoms with Crippen LogP contribution in [0.15, 0.2) is 41.4 Å². The molecule has 11 heteroatoms. The van der Waals surface area contributed by atoms with E-state index in [1.165, 1.54) is 16.8 Å². The average molecular weight is 400 g/mol. The molecule has 144 valence electrons. The zero-order valence-electron chi connectivity index (χ0n) is 14.3. The van der Waals surface area contributed by atoms with Crippen LogP contribution in [0.4, 0.5) is 13.2 Å². The van der Waals surface area contributed by atoms with Crippen molar-refractivity contribution in [2.45, 2.75) is 18.0 Å². The topological polar surface area (TPSA) is 85.6 Å². The lowest BCUT2D eigenvalue weighted by molar-refractivity contribution is -0.139. The highest BCUT2D eigenvalue weighted by molar-refractivity contribution is 7.89. The molecule has 0 fully saturated rings. The molecule has 0 saturated carbocycles. The van der Waals surface area contributed by atoms with E-state index in [-0.39, 0.29) is 11.3 Å². The Bertz CT molecular complexity index is 1090. The van der Waals surface area contributed by atoms with Crippen molar-refractivity contribution in [3.05, 3.63) is 42.1 Å². The molecule has 3 rings (SSSR count). The van der Waals surface area contributed by atoms with E-state index in [1.807, 2.05) is 4.72 Å². The standard InChI is InChI=1S/C16H15F3N4O3S/c1-3-26-15-7-6-14-21-12(9-23(14)22-15)10-4-5-11(16(17,18)19)13(8-10)27(24,25)20-2/h4-9,20H,3H2,1-2H3. The van der Waals surface area contributed by atoms with Crippen molar-refractivity contribution >= 4 is 15.7 Å². The average Bonchev–Trinajstić information content (AvgIpc) is 3.04. The monoisotopic (exact) mass is 400 g/mol. The number of benzene rings is 1. The third-order valence-corrected chi connectivity index (χ3v) is 5.18. The van der Waals surface area contributed by atoms with E-state index in [4.69, 9.17) is 4.74 Å². The van der Waals surface area contributed by atoms with E-state index in [9.17, 15) is 21.6 Å². The summed E-state index contributed by atoms with van der Waals surface area (Å²) in [5.74, 6) is 0.361. The summed E-state index contributed by atoms with van der Waals surface area (Å²) in [6, 6.07) is 6.08. The quantitative estimate of drug-likeness (QED) is 0.712. The molecule has 7 nitrogen and oxygen atoms in total. The number of hydrogen-bond donors (Lipinski definition) is 1. The van der Waals surface area contributed by atoms with Gasteiger partial charge in [0.25, 0.3) is 0 Å². The molecular formula is C16H15F3N4O3S. The van der Waals surface area contributed by atoms with Crippen LogP contribution in [-0.4, -0.2) is 36.7 Å². The Morgan fingerprint density at radius 3 is 2.59 bits per heavy atom. The summed E-state index contributed by atoms with van der Waals surface area (Å²) in [5, 5.41) is 4.18. The van der Waals surface area contributed by atoms with Crippen LogP contribution in [0.3, 0.4) is 0 Å². The van der Waals surface area contributed by atoms with Crippen molar-refractivity contribution in [3.8, 4) is 17.1 Å². The van der Waals surface area contributed by atoms with Crippen molar-refractivity contribution < 1.29 is 26.3 Å². The maximum Gasteiger partial charge on any atom is 0.417 e. The minimum absolute atomic E-state index is 0.209. The largest absolute Gasteiger partial charge is 0.477 e. The molecule has 0 amide bonds. The van der Waals surface area contributed by atoms with Crippen molar-refractivity contribution in [3.63, 3.8) is 0 Å². The molecule has 0 aliphatic heterocycles. The van der Waals surface area contributed by atoms with Gasteiger partial charge < -0.3 is 4.74 Å². The van der Waals surface area contributed by atoms with Gasteiger partial charge in [-0.1, -0.05) is 6.07 Å². The lowest BCUT2D eigenvalue weighted by atomic mass is 10.1. The number of nitrogens with one attached hydrogen (secondary N) is 1. The number of fused-ring (bicyclic) bond motifs is 1. The van der Waals surface area contributed by atoms with Gasteiger partial charge in [-0.05, 0) is 32.2 Å². The summed E-state index contributed by atoms with van der Waals surface area (Å²) < 4.78 is 72.4. The Morgan fingerprint density at radius 2 is 1.96 bits per heavy atom. The van der Waals surface area contributed by atoms with Gasteiger partial charge in [0.05, 0.1) is 29.0 Å². The third-order valence-electron chi connectivity index (χ3n) is 3.73. The SMILES string of the molecule is CCOc1ccc2nc(-c3ccc(C(F)(F)F)c(S(=O)(=O)NC)c3)cn2n1. The molecule has 2 aromatic heterocycles. The van der Waals surface area contributed by atoms with Crippen LogP contribution in [0.5, 0.6) is 5.88 Å². The number of ether oxygens (including phenoxy) is 1. The zero-order valence-corrected chi connectivity index (χ0v) is 15.1. The smallest absolute Gasteiger partial charge is 0.417 e. The summed E-state index contributed by atoms with van der Waals surface area (Å²) in [6.07, 6.45) is -3.33. The van der Waals surface area contributed by atoms with Gasteiger partial charge >= 0.3 is 6.18 Å². The van der Waals surface area contributed by atoms with E-state index in [0.29, 0.717) is 18.1 Å². The highest BCUT2D eigenvalue weighted by Crippen LogP contribution is 2.36. The van der Waals surface area contributed by atoms with Crippen LogP contribution in [0.25, 0.3) is 16.9 Å². The molecule has 0 atom stereocenters. The summed E-state index contributed by atoms with van der Waals surface area (Å²) >= 11 is 0. The first-order valence-electron chi connectivity index (χ1n) is 7.80. The second-order valence-corrected chi connectivity index (χ2v) is 7.30. The molecule has 0 unspecified atom stereocenters. The zero-order chi connectivity index (χ0) is 19.8. The van der Waals surface area contributed by atoms with Gasteiger partial charge in [0.15, 0.2) is 5.65 Å². The molecule has 1 aromatic carbocycles. The summed E-state index contributed by atoms with van der Waals surface area (Å²) in [7, 11) is -3.28. The number of alkyl halides is 3. The van der Waals surface area contributed by atoms with Crippen molar-refractivity contribution in [1.29, 1.82) is 0 Å². The third kappa shape index (κ3) is 3.74. The number of imidazole rings is 1. The Balaban J connectivity index is 2.15. The predicted molar refractivity (Wildman–Crippen MR) is 90.8 cm³/mol. The fourth-order valence-electron chi connectivity index (χ4n) is 2.48. The highest BCUT2D eigenvalue weighted by atomic mass is 32.2. The minimum Gasteiger partial charge on any atom is -0.477 e. The number of hydrogen-bond acceptors (Lipinski definition) is 5. The fraction of sp³-hybridized carbons (Fsp3) is 0.250. The molecule has 2 heterocycles. The van der Waals surface area contributed by atoms with Gasteiger partial charge in [-0.3, -0.25) is 0 Å². The van der Waals surface area contributed by atoms with Gasteiger partial charge in [-0.2, -0.15) is 13.2 Å². The Morgan fingerprint density at radius 1 is 1.22 bits per heavy atom. The molecule has 0 aliphatic rings. The Hall–Kier alpha value is -2.66.